The Hall–Kier alpha value is -0.760. The van der Waals surface area contributed by atoms with Crippen LogP contribution in [0.1, 0.15) is 104 Å². The van der Waals surface area contributed by atoms with Gasteiger partial charge in [0.1, 0.15) is 13.2 Å². The van der Waals surface area contributed by atoms with Crippen LogP contribution >= 0.6 is 7.82 Å². The van der Waals surface area contributed by atoms with Gasteiger partial charge < -0.3 is 19.8 Å². The van der Waals surface area contributed by atoms with Crippen molar-refractivity contribution in [2.24, 2.45) is 0 Å². The van der Waals surface area contributed by atoms with E-state index < -0.39 is 20.0 Å². The maximum absolute atomic E-state index is 12.4. The van der Waals surface area contributed by atoms with Gasteiger partial charge in [0.15, 0.2) is 0 Å². The van der Waals surface area contributed by atoms with Gasteiger partial charge in [0.25, 0.3) is 0 Å². The van der Waals surface area contributed by atoms with Crippen molar-refractivity contribution in [2.75, 3.05) is 40.9 Å². The Kier molecular flexibility index (Phi) is 20.8. The number of rotatable bonds is 24. The number of aliphatic hydroxyl groups excluding tert-OH is 1. The van der Waals surface area contributed by atoms with Crippen LogP contribution in [0.4, 0.5) is 0 Å². The number of carbonyl (C=O) groups excluding carboxylic acids is 1. The van der Waals surface area contributed by atoms with Crippen molar-refractivity contribution in [3.63, 3.8) is 0 Å². The highest BCUT2D eigenvalue weighted by Crippen LogP contribution is 2.43. The van der Waals surface area contributed by atoms with Gasteiger partial charge in [0.2, 0.25) is 5.91 Å². The third kappa shape index (κ3) is 22.4. The van der Waals surface area contributed by atoms with Crippen LogP contribution in [0.5, 0.6) is 0 Å². The number of amides is 1. The Morgan fingerprint density at radius 1 is 0.917 bits per heavy atom. The van der Waals surface area contributed by atoms with Gasteiger partial charge in [0, 0.05) is 6.42 Å². The topological polar surface area (TPSA) is 105 Å². The van der Waals surface area contributed by atoms with Gasteiger partial charge in [0.05, 0.1) is 39.9 Å². The van der Waals surface area contributed by atoms with E-state index in [2.05, 4.69) is 19.2 Å². The molecule has 9 heteroatoms. The standard InChI is InChI=1S/C27H55N2O6P/c1-6-8-10-12-13-14-15-16-17-18-20-26(30)25(28-27(31)21-19-11-9-7-2)24-35-36(32,33)34-23-22-29(3,4)5/h18,20,25-26,30H,6-17,19,21-24H2,1-5H3,(H-,28,31,32,33)/p+1/b20-18+. The summed E-state index contributed by atoms with van der Waals surface area (Å²) in [4.78, 5) is 22.4. The predicted molar refractivity (Wildman–Crippen MR) is 148 cm³/mol. The Labute approximate surface area is 221 Å². The molecule has 0 aliphatic heterocycles. The monoisotopic (exact) mass is 535 g/mol. The lowest BCUT2D eigenvalue weighted by Crippen LogP contribution is -2.45. The van der Waals surface area contributed by atoms with Gasteiger partial charge in [-0.05, 0) is 19.3 Å². The number of quaternary nitrogens is 1. The average molecular weight is 536 g/mol. The maximum Gasteiger partial charge on any atom is 0.472 e. The number of phosphoric acid groups is 1. The van der Waals surface area contributed by atoms with E-state index >= 15 is 0 Å². The zero-order valence-electron chi connectivity index (χ0n) is 23.8. The highest BCUT2D eigenvalue weighted by Gasteiger charge is 2.27. The molecule has 0 fully saturated rings. The molecule has 0 aromatic carbocycles. The number of hydrogen-bond donors (Lipinski definition) is 3. The zero-order valence-corrected chi connectivity index (χ0v) is 24.6. The lowest BCUT2D eigenvalue weighted by Gasteiger charge is -2.25. The smallest absolute Gasteiger partial charge is 0.387 e. The number of nitrogens with one attached hydrogen (secondary N) is 1. The number of phosphoric ester groups is 1. The fraction of sp³-hybridized carbons (Fsp3) is 0.889. The summed E-state index contributed by atoms with van der Waals surface area (Å²) < 4.78 is 23.1. The number of carbonyl (C=O) groups is 1. The first kappa shape index (κ1) is 35.2. The van der Waals surface area contributed by atoms with E-state index in [1.807, 2.05) is 27.2 Å². The van der Waals surface area contributed by atoms with E-state index in [0.717, 1.165) is 44.9 Å². The fourth-order valence-corrected chi connectivity index (χ4v) is 4.36. The Bertz CT molecular complexity index is 624. The van der Waals surface area contributed by atoms with Crippen molar-refractivity contribution in [2.45, 2.75) is 116 Å². The van der Waals surface area contributed by atoms with Crippen LogP contribution in [0, 0.1) is 0 Å². The summed E-state index contributed by atoms with van der Waals surface area (Å²) in [5, 5.41) is 13.5. The molecule has 3 unspecified atom stereocenters. The minimum atomic E-state index is -4.30. The first-order valence-electron chi connectivity index (χ1n) is 14.1. The molecule has 0 rings (SSSR count). The molecule has 0 radical (unpaired) electrons. The maximum atomic E-state index is 12.4. The van der Waals surface area contributed by atoms with Crippen molar-refractivity contribution in [1.82, 2.24) is 5.32 Å². The van der Waals surface area contributed by atoms with Crippen LogP contribution in [0.3, 0.4) is 0 Å². The third-order valence-electron chi connectivity index (χ3n) is 6.01. The normalized spacial score (nSPS) is 15.6. The minimum Gasteiger partial charge on any atom is -0.387 e. The Morgan fingerprint density at radius 2 is 1.47 bits per heavy atom. The summed E-state index contributed by atoms with van der Waals surface area (Å²) in [6, 6.07) is -0.832. The molecule has 3 atom stereocenters. The number of hydrogen-bond acceptors (Lipinski definition) is 5. The first-order chi connectivity index (χ1) is 17.0. The van der Waals surface area contributed by atoms with Crippen molar-refractivity contribution in [3.8, 4) is 0 Å². The third-order valence-corrected chi connectivity index (χ3v) is 6.99. The molecule has 0 heterocycles. The molecule has 0 aromatic heterocycles. The summed E-state index contributed by atoms with van der Waals surface area (Å²) in [6.07, 6.45) is 17.5. The van der Waals surface area contributed by atoms with Gasteiger partial charge in [-0.25, -0.2) is 4.57 Å². The quantitative estimate of drug-likeness (QED) is 0.0631. The van der Waals surface area contributed by atoms with Gasteiger partial charge in [-0.2, -0.15) is 0 Å². The fourth-order valence-electron chi connectivity index (χ4n) is 3.62. The van der Waals surface area contributed by atoms with Crippen molar-refractivity contribution in [3.05, 3.63) is 12.2 Å². The molecule has 0 aliphatic rings. The van der Waals surface area contributed by atoms with Gasteiger partial charge >= 0.3 is 7.82 Å². The van der Waals surface area contributed by atoms with E-state index in [0.29, 0.717) is 17.4 Å². The van der Waals surface area contributed by atoms with Crippen LogP contribution in [0.25, 0.3) is 0 Å². The van der Waals surface area contributed by atoms with E-state index in [1.54, 1.807) is 6.08 Å². The van der Waals surface area contributed by atoms with Crippen LogP contribution < -0.4 is 5.32 Å². The highest BCUT2D eigenvalue weighted by atomic mass is 31.2. The lowest BCUT2D eigenvalue weighted by molar-refractivity contribution is -0.870. The second-order valence-electron chi connectivity index (χ2n) is 10.8. The Morgan fingerprint density at radius 3 is 2.06 bits per heavy atom. The SMILES string of the molecule is CCCCCCCCCC/C=C/C(O)C(COP(=O)(O)OCC[N+](C)(C)C)NC(=O)CCCCCC. The molecule has 8 nitrogen and oxygen atoms in total. The van der Waals surface area contributed by atoms with Crippen molar-refractivity contribution in [1.29, 1.82) is 0 Å². The molecule has 36 heavy (non-hydrogen) atoms. The molecule has 0 bridgehead atoms. The number of likely N-dealkylation sites (N-methyl/N-ethyl adjacent to an activating group) is 1. The molecular weight excluding hydrogens is 479 g/mol. The largest absolute Gasteiger partial charge is 0.472 e. The van der Waals surface area contributed by atoms with Crippen molar-refractivity contribution < 1.29 is 32.9 Å². The molecular formula is C27H56N2O6P+. The summed E-state index contributed by atoms with van der Waals surface area (Å²) in [7, 11) is 1.56. The lowest BCUT2D eigenvalue weighted by atomic mass is 10.1. The van der Waals surface area contributed by atoms with Crippen LogP contribution in [-0.4, -0.2) is 73.4 Å². The molecule has 1 amide bonds. The van der Waals surface area contributed by atoms with Gasteiger partial charge in [-0.15, -0.1) is 0 Å². The number of nitrogens with zero attached hydrogens (tertiary/aromatic N) is 1. The molecule has 0 spiro atoms. The molecule has 214 valence electrons. The molecule has 0 aliphatic carbocycles. The highest BCUT2D eigenvalue weighted by molar-refractivity contribution is 7.47. The number of allylic oxidation sites excluding steroid dienone is 1. The van der Waals surface area contributed by atoms with E-state index in [1.165, 1.54) is 38.5 Å². The zero-order chi connectivity index (χ0) is 27.3. The Balaban J connectivity index is 4.67. The molecule has 3 N–H and O–H groups in total. The number of unbranched alkanes of at least 4 members (excludes halogenated alkanes) is 11. The summed E-state index contributed by atoms with van der Waals surface area (Å²) in [5.41, 5.74) is 0. The van der Waals surface area contributed by atoms with E-state index in [9.17, 15) is 19.4 Å². The summed E-state index contributed by atoms with van der Waals surface area (Å²) in [5.74, 6) is -0.200. The first-order valence-corrected chi connectivity index (χ1v) is 15.6. The van der Waals surface area contributed by atoms with Crippen LogP contribution in [-0.2, 0) is 18.4 Å². The van der Waals surface area contributed by atoms with E-state index in [4.69, 9.17) is 9.05 Å². The molecule has 0 aromatic rings. The van der Waals surface area contributed by atoms with Crippen molar-refractivity contribution >= 4 is 13.7 Å². The summed E-state index contributed by atoms with van der Waals surface area (Å²) >= 11 is 0. The van der Waals surface area contributed by atoms with E-state index in [-0.39, 0.29) is 19.1 Å². The molecule has 0 saturated heterocycles. The predicted octanol–water partition coefficient (Wildman–Crippen LogP) is 5.73. The summed E-state index contributed by atoms with van der Waals surface area (Å²) in [6.45, 7) is 4.62. The minimum absolute atomic E-state index is 0.0623. The second-order valence-corrected chi connectivity index (χ2v) is 12.2. The van der Waals surface area contributed by atoms with Gasteiger partial charge in [-0.1, -0.05) is 90.2 Å². The van der Waals surface area contributed by atoms with Crippen LogP contribution in [0.2, 0.25) is 0 Å². The number of aliphatic hydroxyl groups is 1. The van der Waals surface area contributed by atoms with Crippen LogP contribution in [0.15, 0.2) is 12.2 Å². The van der Waals surface area contributed by atoms with Gasteiger partial charge in [-0.3, -0.25) is 13.8 Å². The average Bonchev–Trinajstić information content (AvgIpc) is 2.79. The molecule has 0 saturated carbocycles. The second kappa shape index (κ2) is 21.2.